The molecule has 1 aliphatic rings. The maximum Gasteiger partial charge on any atom is 0.0776 e. The van der Waals surface area contributed by atoms with Crippen LogP contribution in [-0.4, -0.2) is 24.2 Å². The normalized spacial score (nSPS) is 13.6. The van der Waals surface area contributed by atoms with Crippen molar-refractivity contribution in [3.8, 4) is 11.1 Å². The zero-order valence-electron chi connectivity index (χ0n) is 39.2. The number of benzene rings is 9. The van der Waals surface area contributed by atoms with Gasteiger partial charge < -0.3 is 9.80 Å². The minimum atomic E-state index is -2.07. The Bertz CT molecular complexity index is 3230. The van der Waals surface area contributed by atoms with E-state index in [1.54, 1.807) is 11.1 Å². The van der Waals surface area contributed by atoms with Gasteiger partial charge in [0, 0.05) is 38.8 Å². The van der Waals surface area contributed by atoms with E-state index in [1.165, 1.54) is 82.6 Å². The standard InChI is InChI=1S/C59H60N2Si3/c1-41-21-19-26-46(35-41)60(44-22-13-11-14-23-44)48-32-31-42-37-55-56(38-43(42)36-48)59(63(5,6)7,64(8,9)10)58-53-34-33-49(40-54(53)51-29-17-18-30-52(51)57(55)58)61(45-24-15-12-16-25-45)47-27-20-28-50(39-47)62(2,3)4/h11-40H,1-10H3. The van der Waals surface area contributed by atoms with Gasteiger partial charge in [0.25, 0.3) is 0 Å². The first-order valence-corrected chi connectivity index (χ1v) is 33.5. The molecular weight excluding hydrogens is 821 g/mol. The third-order valence-corrected chi connectivity index (χ3v) is 26.1. The van der Waals surface area contributed by atoms with Gasteiger partial charge in [0.05, 0.1) is 24.2 Å². The fourth-order valence-corrected chi connectivity index (χ4v) is 25.9. The molecule has 0 unspecified atom stereocenters. The first-order valence-electron chi connectivity index (χ1n) is 23.0. The molecule has 64 heavy (non-hydrogen) atoms. The van der Waals surface area contributed by atoms with E-state index in [2.05, 4.69) is 258 Å². The minimum Gasteiger partial charge on any atom is -0.310 e. The van der Waals surface area contributed by atoms with Crippen LogP contribution in [0.1, 0.15) is 16.7 Å². The van der Waals surface area contributed by atoms with E-state index in [1.807, 2.05) is 0 Å². The highest BCUT2D eigenvalue weighted by molar-refractivity contribution is 7.00. The van der Waals surface area contributed by atoms with Gasteiger partial charge in [-0.05, 0) is 146 Å². The van der Waals surface area contributed by atoms with Gasteiger partial charge in [-0.3, -0.25) is 0 Å². The molecule has 0 amide bonds. The van der Waals surface area contributed by atoms with Crippen LogP contribution in [0.3, 0.4) is 0 Å². The maximum atomic E-state index is 2.65. The molecule has 0 bridgehead atoms. The molecule has 0 aromatic heterocycles. The summed E-state index contributed by atoms with van der Waals surface area (Å²) in [6.07, 6.45) is 0. The van der Waals surface area contributed by atoms with Crippen LogP contribution in [0.25, 0.3) is 43.4 Å². The van der Waals surface area contributed by atoms with Crippen molar-refractivity contribution >= 4 is 95.9 Å². The van der Waals surface area contributed by atoms with Crippen LogP contribution in [0.4, 0.5) is 34.1 Å². The summed E-state index contributed by atoms with van der Waals surface area (Å²) in [6.45, 7) is 25.4. The van der Waals surface area contributed by atoms with Gasteiger partial charge in [0.1, 0.15) is 0 Å². The molecule has 1 aliphatic carbocycles. The first-order chi connectivity index (χ1) is 30.6. The second-order valence-electron chi connectivity index (χ2n) is 21.2. The SMILES string of the molecule is Cc1cccc(N(c2ccccc2)c2ccc3cc4c(cc3c2)C([Si](C)(C)C)([Si](C)(C)C)c2c-4c3ccccc3c3cc(N(c4ccccc4)c4cccc([Si](C)(C)C)c4)ccc23)c1. The predicted molar refractivity (Wildman–Crippen MR) is 289 cm³/mol. The Morgan fingerprint density at radius 1 is 0.375 bits per heavy atom. The van der Waals surface area contributed by atoms with Crippen LogP contribution in [0, 0.1) is 6.92 Å². The molecule has 0 N–H and O–H groups in total. The van der Waals surface area contributed by atoms with Gasteiger partial charge in [-0.1, -0.05) is 167 Å². The molecule has 0 heterocycles. The highest BCUT2D eigenvalue weighted by Gasteiger charge is 2.60. The highest BCUT2D eigenvalue weighted by atomic mass is 28.4. The van der Waals surface area contributed by atoms with Crippen LogP contribution in [-0.2, 0) is 4.66 Å². The number of aryl methyl sites for hydroxylation is 1. The summed E-state index contributed by atoms with van der Waals surface area (Å²) < 4.78 is -0.0703. The van der Waals surface area contributed by atoms with Gasteiger partial charge in [-0.15, -0.1) is 0 Å². The zero-order chi connectivity index (χ0) is 44.8. The Hall–Kier alpha value is -5.99. The lowest BCUT2D eigenvalue weighted by Crippen LogP contribution is -2.63. The van der Waals surface area contributed by atoms with Crippen molar-refractivity contribution < 1.29 is 0 Å². The highest BCUT2D eigenvalue weighted by Crippen LogP contribution is 2.62. The summed E-state index contributed by atoms with van der Waals surface area (Å²) in [6, 6.07) is 69.0. The fraction of sp³-hybridized carbons (Fsp3) is 0.186. The summed E-state index contributed by atoms with van der Waals surface area (Å²) in [5, 5.41) is 9.47. The van der Waals surface area contributed by atoms with Crippen molar-refractivity contribution in [3.05, 3.63) is 199 Å². The number of rotatable bonds is 9. The number of hydrogen-bond acceptors (Lipinski definition) is 2. The number of hydrogen-bond donors (Lipinski definition) is 0. The van der Waals surface area contributed by atoms with E-state index >= 15 is 0 Å². The second kappa shape index (κ2) is 15.3. The third-order valence-electron chi connectivity index (χ3n) is 14.0. The molecule has 318 valence electrons. The molecule has 2 nitrogen and oxygen atoms in total. The maximum absolute atomic E-state index is 2.65. The molecule has 10 rings (SSSR count). The zero-order valence-corrected chi connectivity index (χ0v) is 42.2. The smallest absolute Gasteiger partial charge is 0.0776 e. The topological polar surface area (TPSA) is 6.48 Å². The Labute approximate surface area is 383 Å². The van der Waals surface area contributed by atoms with E-state index in [0.29, 0.717) is 0 Å². The molecule has 0 spiro atoms. The van der Waals surface area contributed by atoms with Crippen molar-refractivity contribution in [2.45, 2.75) is 70.5 Å². The molecule has 5 heteroatoms. The number of fused-ring (bicyclic) bond motifs is 9. The van der Waals surface area contributed by atoms with Crippen molar-refractivity contribution in [2.24, 2.45) is 0 Å². The summed E-state index contributed by atoms with van der Waals surface area (Å²) in [5.74, 6) is 0. The molecule has 0 saturated carbocycles. The van der Waals surface area contributed by atoms with Crippen LogP contribution < -0.4 is 15.0 Å². The fourth-order valence-electron chi connectivity index (χ4n) is 11.7. The van der Waals surface area contributed by atoms with E-state index in [-0.39, 0.29) is 4.66 Å². The molecule has 0 saturated heterocycles. The van der Waals surface area contributed by atoms with Gasteiger partial charge in [-0.2, -0.15) is 0 Å². The summed E-state index contributed by atoms with van der Waals surface area (Å²) in [7, 11) is -5.71. The summed E-state index contributed by atoms with van der Waals surface area (Å²) >= 11 is 0. The average molecular weight is 881 g/mol. The molecule has 0 atom stereocenters. The van der Waals surface area contributed by atoms with Gasteiger partial charge >= 0.3 is 0 Å². The Balaban J connectivity index is 1.25. The lowest BCUT2D eigenvalue weighted by atomic mass is 9.90. The van der Waals surface area contributed by atoms with Gasteiger partial charge in [0.15, 0.2) is 0 Å². The predicted octanol–water partition coefficient (Wildman–Crippen LogP) is 17.0. The van der Waals surface area contributed by atoms with Crippen LogP contribution in [0.2, 0.25) is 58.9 Å². The molecule has 0 radical (unpaired) electrons. The minimum absolute atomic E-state index is 0.0703. The molecule has 0 fully saturated rings. The summed E-state index contributed by atoms with van der Waals surface area (Å²) in [5.41, 5.74) is 14.3. The monoisotopic (exact) mass is 880 g/mol. The Morgan fingerprint density at radius 2 is 0.906 bits per heavy atom. The van der Waals surface area contributed by atoms with Crippen molar-refractivity contribution in [1.82, 2.24) is 0 Å². The largest absolute Gasteiger partial charge is 0.310 e. The van der Waals surface area contributed by atoms with Crippen molar-refractivity contribution in [2.75, 3.05) is 9.80 Å². The van der Waals surface area contributed by atoms with Gasteiger partial charge in [-0.25, -0.2) is 0 Å². The number of anilines is 6. The molecular formula is C59H60N2Si3. The van der Waals surface area contributed by atoms with E-state index < -0.39 is 24.2 Å². The second-order valence-corrected chi connectivity index (χ2v) is 37.3. The van der Waals surface area contributed by atoms with Crippen molar-refractivity contribution in [1.29, 1.82) is 0 Å². The molecule has 9 aromatic carbocycles. The summed E-state index contributed by atoms with van der Waals surface area (Å²) in [4.78, 5) is 4.89. The Morgan fingerprint density at radius 3 is 1.52 bits per heavy atom. The third kappa shape index (κ3) is 6.70. The lowest BCUT2D eigenvalue weighted by Gasteiger charge is -2.51. The van der Waals surface area contributed by atoms with Crippen molar-refractivity contribution in [3.63, 3.8) is 0 Å². The quantitative estimate of drug-likeness (QED) is 0.105. The average Bonchev–Trinajstić information content (AvgIpc) is 3.59. The van der Waals surface area contributed by atoms with E-state index in [0.717, 1.165) is 5.69 Å². The van der Waals surface area contributed by atoms with E-state index in [9.17, 15) is 0 Å². The molecule has 9 aromatic rings. The number of para-hydroxylation sites is 2. The van der Waals surface area contributed by atoms with Gasteiger partial charge in [0.2, 0.25) is 0 Å². The van der Waals surface area contributed by atoms with Crippen LogP contribution in [0.15, 0.2) is 182 Å². The Kier molecular flexibility index (Phi) is 10.1. The lowest BCUT2D eigenvalue weighted by molar-refractivity contribution is 0.965. The molecule has 0 aliphatic heterocycles. The van der Waals surface area contributed by atoms with Crippen LogP contribution in [0.5, 0.6) is 0 Å². The van der Waals surface area contributed by atoms with Crippen LogP contribution >= 0.6 is 0 Å². The van der Waals surface area contributed by atoms with E-state index in [4.69, 9.17) is 0 Å². The number of nitrogens with zero attached hydrogens (tertiary/aromatic N) is 2. The first kappa shape index (κ1) is 42.0.